The minimum Gasteiger partial charge on any atom is -0.384 e. The highest BCUT2D eigenvalue weighted by atomic mass is 19.1. The Hall–Kier alpha value is -3.86. The number of rotatable bonds is 8. The number of nitrogens with two attached hydrogens (primary N) is 2. The SMILES string of the molecule is N#CCC1(N/C=C(/C(N)=O)C(N)=Nc2ccc(F)cc2)CCN(c2cccc(C3CC3)c2)CC1. The number of benzene rings is 2. The fraction of sp³-hybridized carbons (Fsp3) is 0.346. The van der Waals surface area contributed by atoms with Gasteiger partial charge >= 0.3 is 0 Å². The number of amides is 1. The van der Waals surface area contributed by atoms with Gasteiger partial charge in [0.15, 0.2) is 0 Å². The molecule has 0 radical (unpaired) electrons. The Labute approximate surface area is 199 Å². The van der Waals surface area contributed by atoms with Gasteiger partial charge in [-0.1, -0.05) is 12.1 Å². The van der Waals surface area contributed by atoms with Gasteiger partial charge in [-0.3, -0.25) is 4.79 Å². The molecular weight excluding hydrogens is 431 g/mol. The van der Waals surface area contributed by atoms with Gasteiger partial charge in [-0.05, 0) is 73.6 Å². The van der Waals surface area contributed by atoms with Crippen LogP contribution in [-0.2, 0) is 4.79 Å². The third-order valence-electron chi connectivity index (χ3n) is 6.56. The van der Waals surface area contributed by atoms with Crippen molar-refractivity contribution >= 4 is 23.1 Å². The zero-order chi connectivity index (χ0) is 24.1. The van der Waals surface area contributed by atoms with Crippen molar-refractivity contribution in [3.8, 4) is 6.07 Å². The van der Waals surface area contributed by atoms with Gasteiger partial charge < -0.3 is 21.7 Å². The van der Waals surface area contributed by atoms with Gasteiger partial charge in [0, 0.05) is 25.0 Å². The predicted molar refractivity (Wildman–Crippen MR) is 131 cm³/mol. The van der Waals surface area contributed by atoms with Gasteiger partial charge in [0.2, 0.25) is 0 Å². The van der Waals surface area contributed by atoms with Crippen LogP contribution >= 0.6 is 0 Å². The minimum absolute atomic E-state index is 0.0150. The summed E-state index contributed by atoms with van der Waals surface area (Å²) >= 11 is 0. The Balaban J connectivity index is 1.48. The minimum atomic E-state index is -0.739. The number of amidine groups is 1. The molecule has 1 saturated heterocycles. The Morgan fingerprint density at radius 1 is 1.21 bits per heavy atom. The van der Waals surface area contributed by atoms with E-state index in [0.29, 0.717) is 24.4 Å². The van der Waals surface area contributed by atoms with Crippen LogP contribution in [-0.4, -0.2) is 30.4 Å². The van der Waals surface area contributed by atoms with Crippen LogP contribution < -0.4 is 21.7 Å². The number of anilines is 1. The van der Waals surface area contributed by atoms with Crippen molar-refractivity contribution in [1.29, 1.82) is 5.26 Å². The summed E-state index contributed by atoms with van der Waals surface area (Å²) in [6, 6.07) is 16.4. The predicted octanol–water partition coefficient (Wildman–Crippen LogP) is 3.60. The van der Waals surface area contributed by atoms with Crippen LogP contribution in [0.2, 0.25) is 0 Å². The number of nitrogens with zero attached hydrogens (tertiary/aromatic N) is 3. The van der Waals surface area contributed by atoms with Gasteiger partial charge in [-0.25, -0.2) is 9.38 Å². The summed E-state index contributed by atoms with van der Waals surface area (Å²) in [6.07, 6.45) is 5.70. The molecule has 0 bridgehead atoms. The largest absolute Gasteiger partial charge is 0.384 e. The highest BCUT2D eigenvalue weighted by molar-refractivity contribution is 6.20. The molecule has 2 aliphatic rings. The zero-order valence-electron chi connectivity index (χ0n) is 19.0. The second-order valence-corrected chi connectivity index (χ2v) is 9.01. The van der Waals surface area contributed by atoms with Crippen molar-refractivity contribution in [1.82, 2.24) is 5.32 Å². The zero-order valence-corrected chi connectivity index (χ0v) is 19.0. The highest BCUT2D eigenvalue weighted by Crippen LogP contribution is 2.41. The topological polar surface area (TPSA) is 121 Å². The van der Waals surface area contributed by atoms with Crippen LogP contribution in [0.5, 0.6) is 0 Å². The number of carbonyl (C=O) groups excluding carboxylic acids is 1. The standard InChI is InChI=1S/C26H29FN6O/c27-20-6-8-21(9-7-20)32-24(29)23(25(30)34)17-31-26(10-13-28)11-14-33(15-12-26)22-3-1-2-19(16-22)18-4-5-18/h1-3,6-9,16-18,31H,4-5,10-12,14-15H2,(H2,29,32)(H2,30,34)/b23-17+. The Kier molecular flexibility index (Phi) is 6.82. The molecule has 1 heterocycles. The lowest BCUT2D eigenvalue weighted by atomic mass is 9.84. The molecule has 1 saturated carbocycles. The average molecular weight is 461 g/mol. The first-order valence-corrected chi connectivity index (χ1v) is 11.5. The molecule has 176 valence electrons. The maximum absolute atomic E-state index is 13.1. The Morgan fingerprint density at radius 3 is 2.53 bits per heavy atom. The Bertz CT molecular complexity index is 1140. The molecule has 1 aliphatic carbocycles. The normalized spacial score (nSPS) is 18.3. The second kappa shape index (κ2) is 9.96. The molecule has 0 aromatic heterocycles. The lowest BCUT2D eigenvalue weighted by Gasteiger charge is -2.42. The van der Waals surface area contributed by atoms with E-state index >= 15 is 0 Å². The van der Waals surface area contributed by atoms with Crippen LogP contribution in [0.3, 0.4) is 0 Å². The number of nitriles is 1. The maximum Gasteiger partial charge on any atom is 0.253 e. The summed E-state index contributed by atoms with van der Waals surface area (Å²) in [5, 5.41) is 12.7. The van der Waals surface area contributed by atoms with Crippen LogP contribution in [0, 0.1) is 17.1 Å². The molecule has 5 N–H and O–H groups in total. The summed E-state index contributed by atoms with van der Waals surface area (Å²) in [7, 11) is 0. The van der Waals surface area contributed by atoms with Crippen LogP contribution in [0.25, 0.3) is 0 Å². The summed E-state index contributed by atoms with van der Waals surface area (Å²) in [5.74, 6) is -0.511. The monoisotopic (exact) mass is 460 g/mol. The molecule has 7 nitrogen and oxygen atoms in total. The first kappa shape index (κ1) is 23.3. The van der Waals surface area contributed by atoms with E-state index in [1.807, 2.05) is 0 Å². The van der Waals surface area contributed by atoms with Crippen molar-refractivity contribution in [2.75, 3.05) is 18.0 Å². The molecule has 1 amide bonds. The number of halogens is 1. The highest BCUT2D eigenvalue weighted by Gasteiger charge is 2.34. The van der Waals surface area contributed by atoms with Crippen molar-refractivity contribution in [2.45, 2.75) is 43.6 Å². The number of carbonyl (C=O) groups is 1. The van der Waals surface area contributed by atoms with Crippen LogP contribution in [0.1, 0.15) is 43.6 Å². The molecule has 0 spiro atoms. The van der Waals surface area contributed by atoms with Crippen molar-refractivity contribution < 1.29 is 9.18 Å². The van der Waals surface area contributed by atoms with Gasteiger partial charge in [0.25, 0.3) is 5.91 Å². The third kappa shape index (κ3) is 5.54. The van der Waals surface area contributed by atoms with E-state index in [0.717, 1.165) is 13.1 Å². The average Bonchev–Trinajstić information content (AvgIpc) is 3.67. The molecule has 0 atom stereocenters. The second-order valence-electron chi connectivity index (χ2n) is 9.01. The lowest BCUT2D eigenvalue weighted by molar-refractivity contribution is -0.114. The number of primary amides is 1. The smallest absolute Gasteiger partial charge is 0.253 e. The summed E-state index contributed by atoms with van der Waals surface area (Å²) in [5.41, 5.74) is 14.1. The van der Waals surface area contributed by atoms with E-state index in [1.54, 1.807) is 0 Å². The summed E-state index contributed by atoms with van der Waals surface area (Å²) in [4.78, 5) is 18.6. The first-order valence-electron chi connectivity index (χ1n) is 11.5. The molecule has 2 fully saturated rings. The number of hydrogen-bond donors (Lipinski definition) is 3. The summed E-state index contributed by atoms with van der Waals surface area (Å²) in [6.45, 7) is 1.56. The van der Waals surface area contributed by atoms with Gasteiger partial charge in [-0.15, -0.1) is 0 Å². The quantitative estimate of drug-likeness (QED) is 0.316. The maximum atomic E-state index is 13.1. The van der Waals surface area contributed by atoms with Gasteiger partial charge in [0.1, 0.15) is 11.7 Å². The van der Waals surface area contributed by atoms with E-state index in [2.05, 4.69) is 45.5 Å². The van der Waals surface area contributed by atoms with Crippen molar-refractivity contribution in [3.63, 3.8) is 0 Å². The third-order valence-corrected chi connectivity index (χ3v) is 6.56. The van der Waals surface area contributed by atoms with E-state index in [9.17, 15) is 14.4 Å². The molecule has 4 rings (SSSR count). The molecule has 34 heavy (non-hydrogen) atoms. The first-order chi connectivity index (χ1) is 16.4. The number of aliphatic imine (C=N–C) groups is 1. The Morgan fingerprint density at radius 2 is 1.91 bits per heavy atom. The number of hydrogen-bond acceptors (Lipinski definition) is 5. The fourth-order valence-electron chi connectivity index (χ4n) is 4.32. The van der Waals surface area contributed by atoms with E-state index in [1.165, 1.54) is 54.6 Å². The number of nitrogens with one attached hydrogen (secondary N) is 1. The van der Waals surface area contributed by atoms with Gasteiger partial charge in [-0.2, -0.15) is 5.26 Å². The van der Waals surface area contributed by atoms with Gasteiger partial charge in [0.05, 0.1) is 29.3 Å². The van der Waals surface area contributed by atoms with Crippen LogP contribution in [0.15, 0.2) is 65.3 Å². The summed E-state index contributed by atoms with van der Waals surface area (Å²) < 4.78 is 13.1. The molecule has 8 heteroatoms. The molecule has 1 aliphatic heterocycles. The molecule has 2 aromatic carbocycles. The fourth-order valence-corrected chi connectivity index (χ4v) is 4.32. The lowest BCUT2D eigenvalue weighted by Crippen LogP contribution is -2.52. The molecule has 2 aromatic rings. The van der Waals surface area contributed by atoms with Crippen LogP contribution in [0.4, 0.5) is 15.8 Å². The van der Waals surface area contributed by atoms with E-state index in [-0.39, 0.29) is 17.8 Å². The van der Waals surface area contributed by atoms with E-state index in [4.69, 9.17) is 11.5 Å². The van der Waals surface area contributed by atoms with E-state index < -0.39 is 17.3 Å². The van der Waals surface area contributed by atoms with Crippen molar-refractivity contribution in [2.24, 2.45) is 16.5 Å². The number of piperidine rings is 1. The molecular formula is C26H29FN6O. The molecule has 0 unspecified atom stereocenters. The van der Waals surface area contributed by atoms with Crippen molar-refractivity contribution in [3.05, 3.63) is 71.7 Å².